The Morgan fingerprint density at radius 2 is 0.440 bits per heavy atom. The van der Waals surface area contributed by atoms with Gasteiger partial charge in [0.05, 0.1) is 0 Å². The lowest BCUT2D eigenvalue weighted by Crippen LogP contribution is -2.30. The Morgan fingerprint density at radius 3 is 0.667 bits per heavy atom. The van der Waals surface area contributed by atoms with Crippen LogP contribution in [-0.2, 0) is 28.6 Å². The van der Waals surface area contributed by atoms with Gasteiger partial charge in [-0.2, -0.15) is 0 Å². The number of allylic oxidation sites excluding steroid dienone is 2. The second-order valence-corrected chi connectivity index (χ2v) is 23.5. The highest BCUT2D eigenvalue weighted by Gasteiger charge is 2.19. The molecule has 6 heteroatoms. The third-order valence-electron chi connectivity index (χ3n) is 15.8. The molecule has 0 radical (unpaired) electrons. The van der Waals surface area contributed by atoms with Gasteiger partial charge in [-0.3, -0.25) is 14.4 Å². The standard InChI is InChI=1S/C69H132O6/c1-4-7-10-13-16-19-22-24-26-28-30-32-34-36-38-40-42-44-47-50-53-56-59-62-68(71)74-65-66(64-73-67(70)61-58-55-52-49-46-21-18-15-12-9-6-3)75-69(72)63-60-57-54-51-48-45-43-41-39-37-35-33-31-29-27-25-23-20-17-14-11-8-5-2/h28,30,66H,4-27,29,31-65H2,1-3H3/b30-28-. The van der Waals surface area contributed by atoms with E-state index in [1.165, 1.54) is 295 Å². The summed E-state index contributed by atoms with van der Waals surface area (Å²) in [7, 11) is 0. The summed E-state index contributed by atoms with van der Waals surface area (Å²) in [6.45, 7) is 6.72. The van der Waals surface area contributed by atoms with E-state index < -0.39 is 6.10 Å². The Morgan fingerprint density at radius 1 is 0.253 bits per heavy atom. The number of hydrogen-bond donors (Lipinski definition) is 0. The molecule has 0 N–H and O–H groups in total. The third kappa shape index (κ3) is 62.9. The Kier molecular flexibility index (Phi) is 63.1. The van der Waals surface area contributed by atoms with Crippen LogP contribution in [0.1, 0.15) is 393 Å². The Labute approximate surface area is 469 Å². The van der Waals surface area contributed by atoms with Crippen molar-refractivity contribution in [3.8, 4) is 0 Å². The monoisotopic (exact) mass is 1060 g/mol. The zero-order valence-corrected chi connectivity index (χ0v) is 51.1. The van der Waals surface area contributed by atoms with Crippen LogP contribution in [0, 0.1) is 0 Å². The smallest absolute Gasteiger partial charge is 0.306 e. The van der Waals surface area contributed by atoms with Crippen LogP contribution in [-0.4, -0.2) is 37.2 Å². The summed E-state index contributed by atoms with van der Waals surface area (Å²) in [6.07, 6.45) is 76.7. The molecule has 6 nitrogen and oxygen atoms in total. The fourth-order valence-electron chi connectivity index (χ4n) is 10.6. The summed E-state index contributed by atoms with van der Waals surface area (Å²) in [6, 6.07) is 0. The lowest BCUT2D eigenvalue weighted by atomic mass is 10.0. The van der Waals surface area contributed by atoms with E-state index in [-0.39, 0.29) is 31.1 Å². The molecule has 0 fully saturated rings. The van der Waals surface area contributed by atoms with Crippen LogP contribution in [0.25, 0.3) is 0 Å². The van der Waals surface area contributed by atoms with Crippen LogP contribution in [0.5, 0.6) is 0 Å². The molecule has 0 rings (SSSR count). The summed E-state index contributed by atoms with van der Waals surface area (Å²) in [5, 5.41) is 0. The van der Waals surface area contributed by atoms with E-state index in [9.17, 15) is 14.4 Å². The van der Waals surface area contributed by atoms with E-state index in [0.717, 1.165) is 57.8 Å². The van der Waals surface area contributed by atoms with Crippen molar-refractivity contribution in [3.05, 3.63) is 12.2 Å². The largest absolute Gasteiger partial charge is 0.462 e. The maximum atomic E-state index is 12.9. The minimum absolute atomic E-state index is 0.0634. The maximum absolute atomic E-state index is 12.9. The van der Waals surface area contributed by atoms with Crippen molar-refractivity contribution in [2.45, 2.75) is 399 Å². The first-order valence-corrected chi connectivity index (χ1v) is 34.2. The molecule has 444 valence electrons. The molecule has 0 aromatic heterocycles. The van der Waals surface area contributed by atoms with E-state index >= 15 is 0 Å². The summed E-state index contributed by atoms with van der Waals surface area (Å²) in [5.41, 5.74) is 0. The molecule has 0 aliphatic heterocycles. The molecule has 0 saturated heterocycles. The van der Waals surface area contributed by atoms with Gasteiger partial charge in [0, 0.05) is 19.3 Å². The fraction of sp³-hybridized carbons (Fsp3) is 0.928. The van der Waals surface area contributed by atoms with E-state index in [0.29, 0.717) is 19.3 Å². The molecular formula is C69H132O6. The molecule has 0 heterocycles. The SMILES string of the molecule is CCCCCCCCCC/C=C\CCCCCCCCCCCCCC(=O)OCC(COC(=O)CCCCCCCCCCCCC)OC(=O)CCCCCCCCCCCCCCCCCCCCCCCCC. The van der Waals surface area contributed by atoms with Gasteiger partial charge in [-0.05, 0) is 44.9 Å². The molecule has 0 saturated carbocycles. The highest BCUT2D eigenvalue weighted by atomic mass is 16.6. The number of carbonyl (C=O) groups is 3. The van der Waals surface area contributed by atoms with Gasteiger partial charge in [-0.15, -0.1) is 0 Å². The molecule has 1 unspecified atom stereocenters. The van der Waals surface area contributed by atoms with Crippen molar-refractivity contribution in [2.75, 3.05) is 13.2 Å². The Hall–Kier alpha value is -1.85. The first-order valence-electron chi connectivity index (χ1n) is 34.2. The van der Waals surface area contributed by atoms with Crippen LogP contribution in [0.15, 0.2) is 12.2 Å². The van der Waals surface area contributed by atoms with Gasteiger partial charge in [0.1, 0.15) is 13.2 Å². The third-order valence-corrected chi connectivity index (χ3v) is 15.8. The summed E-state index contributed by atoms with van der Waals surface area (Å²) in [5.74, 6) is -0.832. The molecule has 0 spiro atoms. The number of hydrogen-bond acceptors (Lipinski definition) is 6. The van der Waals surface area contributed by atoms with Gasteiger partial charge < -0.3 is 14.2 Å². The van der Waals surface area contributed by atoms with Gasteiger partial charge >= 0.3 is 17.9 Å². The first kappa shape index (κ1) is 73.2. The molecule has 0 aromatic rings. The molecule has 0 bridgehead atoms. The van der Waals surface area contributed by atoms with Crippen LogP contribution >= 0.6 is 0 Å². The molecule has 0 amide bonds. The quantitative estimate of drug-likeness (QED) is 0.0261. The topological polar surface area (TPSA) is 78.9 Å². The maximum Gasteiger partial charge on any atom is 0.306 e. The number of unbranched alkanes of at least 4 members (excludes halogenated alkanes) is 51. The zero-order valence-electron chi connectivity index (χ0n) is 51.1. The van der Waals surface area contributed by atoms with Crippen LogP contribution in [0.4, 0.5) is 0 Å². The summed E-state index contributed by atoms with van der Waals surface area (Å²) in [4.78, 5) is 38.3. The second kappa shape index (κ2) is 64.7. The van der Waals surface area contributed by atoms with Gasteiger partial charge in [0.25, 0.3) is 0 Å². The van der Waals surface area contributed by atoms with Crippen molar-refractivity contribution in [1.82, 2.24) is 0 Å². The number of rotatable bonds is 64. The highest BCUT2D eigenvalue weighted by molar-refractivity contribution is 5.71. The molecule has 0 aliphatic carbocycles. The summed E-state index contributed by atoms with van der Waals surface area (Å²) >= 11 is 0. The van der Waals surface area contributed by atoms with Crippen LogP contribution in [0.2, 0.25) is 0 Å². The average molecular weight is 1060 g/mol. The minimum Gasteiger partial charge on any atom is -0.462 e. The van der Waals surface area contributed by atoms with Gasteiger partial charge in [0.2, 0.25) is 0 Å². The highest BCUT2D eigenvalue weighted by Crippen LogP contribution is 2.19. The number of ether oxygens (including phenoxy) is 3. The molecular weight excluding hydrogens is 925 g/mol. The van der Waals surface area contributed by atoms with Gasteiger partial charge in [-0.1, -0.05) is 341 Å². The molecule has 0 aliphatic rings. The van der Waals surface area contributed by atoms with Crippen molar-refractivity contribution in [2.24, 2.45) is 0 Å². The van der Waals surface area contributed by atoms with Crippen molar-refractivity contribution in [1.29, 1.82) is 0 Å². The van der Waals surface area contributed by atoms with Crippen LogP contribution < -0.4 is 0 Å². The van der Waals surface area contributed by atoms with E-state index in [1.807, 2.05) is 0 Å². The molecule has 1 atom stereocenters. The van der Waals surface area contributed by atoms with Gasteiger partial charge in [0.15, 0.2) is 6.10 Å². The Bertz CT molecular complexity index is 1170. The molecule has 0 aromatic carbocycles. The predicted molar refractivity (Wildman–Crippen MR) is 326 cm³/mol. The zero-order chi connectivity index (χ0) is 54.3. The fourth-order valence-corrected chi connectivity index (χ4v) is 10.6. The number of esters is 3. The normalized spacial score (nSPS) is 12.0. The Balaban J connectivity index is 4.18. The second-order valence-electron chi connectivity index (χ2n) is 23.5. The number of carbonyl (C=O) groups excluding carboxylic acids is 3. The average Bonchev–Trinajstić information content (AvgIpc) is 3.41. The van der Waals surface area contributed by atoms with Gasteiger partial charge in [-0.25, -0.2) is 0 Å². The summed E-state index contributed by atoms with van der Waals surface area (Å²) < 4.78 is 17.0. The lowest BCUT2D eigenvalue weighted by molar-refractivity contribution is -0.167. The van der Waals surface area contributed by atoms with E-state index in [1.54, 1.807) is 0 Å². The predicted octanol–water partition coefficient (Wildman–Crippen LogP) is 23.2. The van der Waals surface area contributed by atoms with Crippen molar-refractivity contribution in [3.63, 3.8) is 0 Å². The lowest BCUT2D eigenvalue weighted by Gasteiger charge is -2.18. The van der Waals surface area contributed by atoms with E-state index in [4.69, 9.17) is 14.2 Å². The van der Waals surface area contributed by atoms with Crippen molar-refractivity contribution >= 4 is 17.9 Å². The van der Waals surface area contributed by atoms with Crippen LogP contribution in [0.3, 0.4) is 0 Å². The minimum atomic E-state index is -0.765. The van der Waals surface area contributed by atoms with E-state index in [2.05, 4.69) is 32.9 Å². The first-order chi connectivity index (χ1) is 37.0. The van der Waals surface area contributed by atoms with Crippen molar-refractivity contribution < 1.29 is 28.6 Å². The molecule has 75 heavy (non-hydrogen) atoms.